The molecule has 1 aromatic carbocycles. The minimum atomic E-state index is -0.804. The molecule has 5 heteroatoms. The Bertz CT molecular complexity index is 492. The third kappa shape index (κ3) is 3.54. The molecule has 2 rings (SSSR count). The number of hydrogen-bond donors (Lipinski definition) is 0. The van der Waals surface area contributed by atoms with Crippen LogP contribution in [0, 0.1) is 27.8 Å². The van der Waals surface area contributed by atoms with Crippen molar-refractivity contribution in [2.24, 2.45) is 11.8 Å². The van der Waals surface area contributed by atoms with Crippen molar-refractivity contribution in [2.45, 2.75) is 45.8 Å². The molecule has 1 aliphatic carbocycles. The maximum absolute atomic E-state index is 13.5. The first kappa shape index (κ1) is 14.9. The van der Waals surface area contributed by atoms with Gasteiger partial charge in [0.05, 0.1) is 17.6 Å². The van der Waals surface area contributed by atoms with Crippen LogP contribution >= 0.6 is 0 Å². The molecule has 1 fully saturated rings. The number of rotatable bonds is 4. The normalized spacial score (nSPS) is 26.4. The van der Waals surface area contributed by atoms with Crippen LogP contribution in [0.3, 0.4) is 0 Å². The number of nitro benzene ring substituents is 1. The number of ether oxygens (including phenoxy) is 1. The monoisotopic (exact) mass is 281 g/mol. The molecular weight excluding hydrogens is 261 g/mol. The highest BCUT2D eigenvalue weighted by molar-refractivity contribution is 5.34. The van der Waals surface area contributed by atoms with Crippen molar-refractivity contribution in [2.75, 3.05) is 0 Å². The van der Waals surface area contributed by atoms with Crippen molar-refractivity contribution < 1.29 is 14.1 Å². The molecule has 0 heterocycles. The smallest absolute Gasteiger partial charge is 0.304 e. The first-order valence-electron chi connectivity index (χ1n) is 7.01. The highest BCUT2D eigenvalue weighted by Crippen LogP contribution is 2.31. The molecule has 0 amide bonds. The molecule has 4 nitrogen and oxygen atoms in total. The highest BCUT2D eigenvalue weighted by atomic mass is 19.1. The van der Waals surface area contributed by atoms with Gasteiger partial charge in [-0.1, -0.05) is 13.8 Å². The minimum Gasteiger partial charge on any atom is -0.374 e. The summed E-state index contributed by atoms with van der Waals surface area (Å²) in [5.41, 5.74) is 0.147. The fourth-order valence-corrected chi connectivity index (χ4v) is 2.65. The second kappa shape index (κ2) is 6.31. The van der Waals surface area contributed by atoms with Crippen molar-refractivity contribution in [3.63, 3.8) is 0 Å². The van der Waals surface area contributed by atoms with Gasteiger partial charge in [-0.3, -0.25) is 10.1 Å². The maximum atomic E-state index is 13.5. The Morgan fingerprint density at radius 2 is 2.10 bits per heavy atom. The molecule has 1 aromatic rings. The lowest BCUT2D eigenvalue weighted by molar-refractivity contribution is -0.387. The van der Waals surface area contributed by atoms with Crippen LogP contribution < -0.4 is 0 Å². The minimum absolute atomic E-state index is 0.208. The van der Waals surface area contributed by atoms with Crippen molar-refractivity contribution in [3.05, 3.63) is 39.7 Å². The highest BCUT2D eigenvalue weighted by Gasteiger charge is 2.25. The summed E-state index contributed by atoms with van der Waals surface area (Å²) in [4.78, 5) is 9.82. The number of benzene rings is 1. The van der Waals surface area contributed by atoms with E-state index < -0.39 is 16.4 Å². The third-order valence-corrected chi connectivity index (χ3v) is 4.24. The molecule has 20 heavy (non-hydrogen) atoms. The van der Waals surface area contributed by atoms with Crippen molar-refractivity contribution in [1.29, 1.82) is 0 Å². The van der Waals surface area contributed by atoms with E-state index in [1.54, 1.807) is 6.07 Å². The predicted molar refractivity (Wildman–Crippen MR) is 73.8 cm³/mol. The molecule has 3 atom stereocenters. The summed E-state index contributed by atoms with van der Waals surface area (Å²) < 4.78 is 19.3. The zero-order chi connectivity index (χ0) is 14.7. The Labute approximate surface area is 118 Å². The first-order valence-corrected chi connectivity index (χ1v) is 7.01. The van der Waals surface area contributed by atoms with Crippen LogP contribution in [-0.2, 0) is 11.3 Å². The molecule has 0 N–H and O–H groups in total. The standard InChI is InChI=1S/C15H20FNO3/c1-10-3-5-13(7-11(10)2)20-9-12-4-6-15(17(18)19)14(16)8-12/h4,6,8,10-11,13H,3,5,7,9H2,1-2H3. The lowest BCUT2D eigenvalue weighted by atomic mass is 9.80. The quantitative estimate of drug-likeness (QED) is 0.617. The molecule has 0 radical (unpaired) electrons. The average molecular weight is 281 g/mol. The van der Waals surface area contributed by atoms with Crippen LogP contribution in [0.2, 0.25) is 0 Å². The van der Waals surface area contributed by atoms with Crippen LogP contribution in [0.5, 0.6) is 0 Å². The van der Waals surface area contributed by atoms with E-state index in [0.717, 1.165) is 25.2 Å². The van der Waals surface area contributed by atoms with Gasteiger partial charge < -0.3 is 4.74 Å². The van der Waals surface area contributed by atoms with Gasteiger partial charge in [0, 0.05) is 6.07 Å². The lowest BCUT2D eigenvalue weighted by Crippen LogP contribution is -2.26. The Morgan fingerprint density at radius 3 is 2.70 bits per heavy atom. The second-order valence-electron chi connectivity index (χ2n) is 5.74. The first-order chi connectivity index (χ1) is 9.47. The van der Waals surface area contributed by atoms with Gasteiger partial charge >= 0.3 is 5.69 Å². The summed E-state index contributed by atoms with van der Waals surface area (Å²) in [7, 11) is 0. The number of nitrogens with zero attached hydrogens (tertiary/aromatic N) is 1. The summed E-state index contributed by atoms with van der Waals surface area (Å²) >= 11 is 0. The van der Waals surface area contributed by atoms with Gasteiger partial charge in [0.1, 0.15) is 0 Å². The Morgan fingerprint density at radius 1 is 1.35 bits per heavy atom. The molecule has 1 saturated carbocycles. The van der Waals surface area contributed by atoms with E-state index in [2.05, 4.69) is 13.8 Å². The van der Waals surface area contributed by atoms with E-state index >= 15 is 0 Å². The summed E-state index contributed by atoms with van der Waals surface area (Å²) in [5.74, 6) is 0.566. The van der Waals surface area contributed by atoms with E-state index in [1.807, 2.05) is 0 Å². The van der Waals surface area contributed by atoms with E-state index in [-0.39, 0.29) is 6.10 Å². The van der Waals surface area contributed by atoms with E-state index in [1.165, 1.54) is 12.1 Å². The molecule has 0 aliphatic heterocycles. The SMILES string of the molecule is CC1CCC(OCc2ccc([N+](=O)[O-])c(F)c2)CC1C. The Kier molecular flexibility index (Phi) is 4.70. The summed E-state index contributed by atoms with van der Waals surface area (Å²) in [5, 5.41) is 10.5. The van der Waals surface area contributed by atoms with Gasteiger partial charge in [0.25, 0.3) is 0 Å². The van der Waals surface area contributed by atoms with Gasteiger partial charge in [-0.2, -0.15) is 4.39 Å². The van der Waals surface area contributed by atoms with Crippen LogP contribution in [0.15, 0.2) is 18.2 Å². The summed E-state index contributed by atoms with van der Waals surface area (Å²) in [6.45, 7) is 4.79. The maximum Gasteiger partial charge on any atom is 0.304 e. The Hall–Kier alpha value is -1.49. The molecule has 0 spiro atoms. The van der Waals surface area contributed by atoms with Crippen molar-refractivity contribution in [3.8, 4) is 0 Å². The zero-order valence-corrected chi connectivity index (χ0v) is 11.8. The largest absolute Gasteiger partial charge is 0.374 e. The fraction of sp³-hybridized carbons (Fsp3) is 0.600. The van der Waals surface area contributed by atoms with E-state index in [0.29, 0.717) is 18.1 Å². The molecule has 0 bridgehead atoms. The van der Waals surface area contributed by atoms with E-state index in [4.69, 9.17) is 4.74 Å². The predicted octanol–water partition coefficient (Wildman–Crippen LogP) is 4.08. The average Bonchev–Trinajstić information content (AvgIpc) is 2.40. The number of hydrogen-bond acceptors (Lipinski definition) is 3. The van der Waals surface area contributed by atoms with Crippen LogP contribution in [-0.4, -0.2) is 11.0 Å². The third-order valence-electron chi connectivity index (χ3n) is 4.24. The molecule has 0 aromatic heterocycles. The molecule has 110 valence electrons. The van der Waals surface area contributed by atoms with Crippen molar-refractivity contribution >= 4 is 5.69 Å². The van der Waals surface area contributed by atoms with Crippen LogP contribution in [0.25, 0.3) is 0 Å². The molecule has 1 aliphatic rings. The van der Waals surface area contributed by atoms with E-state index in [9.17, 15) is 14.5 Å². The van der Waals surface area contributed by atoms with Gasteiger partial charge in [0.2, 0.25) is 5.82 Å². The van der Waals surface area contributed by atoms with Gasteiger partial charge in [-0.15, -0.1) is 0 Å². The number of nitro groups is 1. The molecular formula is C15H20FNO3. The zero-order valence-electron chi connectivity index (χ0n) is 11.8. The van der Waals surface area contributed by atoms with Crippen LogP contribution in [0.4, 0.5) is 10.1 Å². The lowest BCUT2D eigenvalue weighted by Gasteiger charge is -2.31. The summed E-state index contributed by atoms with van der Waals surface area (Å²) in [6, 6.07) is 3.93. The second-order valence-corrected chi connectivity index (χ2v) is 5.74. The van der Waals surface area contributed by atoms with Crippen molar-refractivity contribution in [1.82, 2.24) is 0 Å². The molecule has 3 unspecified atom stereocenters. The van der Waals surface area contributed by atoms with Gasteiger partial charge in [0.15, 0.2) is 0 Å². The fourth-order valence-electron chi connectivity index (χ4n) is 2.65. The molecule has 0 saturated heterocycles. The van der Waals surface area contributed by atoms with Gasteiger partial charge in [-0.05, 0) is 48.8 Å². The van der Waals surface area contributed by atoms with Gasteiger partial charge in [-0.25, -0.2) is 0 Å². The number of halogens is 1. The van der Waals surface area contributed by atoms with Crippen LogP contribution in [0.1, 0.15) is 38.7 Å². The topological polar surface area (TPSA) is 52.4 Å². The Balaban J connectivity index is 1.91. The summed E-state index contributed by atoms with van der Waals surface area (Å²) in [6.07, 6.45) is 3.41.